The van der Waals surface area contributed by atoms with E-state index in [0.717, 1.165) is 40.8 Å². The van der Waals surface area contributed by atoms with E-state index in [1.807, 2.05) is 77.9 Å². The molecular weight excluding hydrogens is 456 g/mol. The Bertz CT molecular complexity index is 1230. The van der Waals surface area contributed by atoms with Crippen LogP contribution in [0.2, 0.25) is 0 Å². The molecule has 1 aliphatic rings. The summed E-state index contributed by atoms with van der Waals surface area (Å²) in [4.78, 5) is 12.8. The second-order valence-electron chi connectivity index (χ2n) is 7.69. The summed E-state index contributed by atoms with van der Waals surface area (Å²) in [5.41, 5.74) is 1.91. The minimum Gasteiger partial charge on any atom is -1.00 e. The number of methoxy groups -OCH3 is 1. The number of nitrogens with zero attached hydrogens (tertiary/aromatic N) is 2. The zero-order valence-corrected chi connectivity index (χ0v) is 18.8. The van der Waals surface area contributed by atoms with Gasteiger partial charge in [0.1, 0.15) is 36.5 Å². The van der Waals surface area contributed by atoms with Gasteiger partial charge in [0.15, 0.2) is 6.54 Å². The van der Waals surface area contributed by atoms with Crippen molar-refractivity contribution in [2.45, 2.75) is 25.6 Å². The maximum absolute atomic E-state index is 12.8. The zero-order chi connectivity index (χ0) is 20.5. The van der Waals surface area contributed by atoms with Gasteiger partial charge >= 0.3 is 0 Å². The van der Waals surface area contributed by atoms with E-state index in [0.29, 0.717) is 6.54 Å². The van der Waals surface area contributed by atoms with Gasteiger partial charge in [-0.25, -0.2) is 9.13 Å². The summed E-state index contributed by atoms with van der Waals surface area (Å²) in [5, 5.41) is 2.23. The third-order valence-electron chi connectivity index (χ3n) is 5.57. The minimum atomic E-state index is 0. The molecule has 0 amide bonds. The maximum Gasteiger partial charge on any atom is 0.244 e. The van der Waals surface area contributed by atoms with Gasteiger partial charge in [-0.15, -0.1) is 0 Å². The summed E-state index contributed by atoms with van der Waals surface area (Å²) in [5.74, 6) is 1.87. The maximum atomic E-state index is 12.8. The lowest BCUT2D eigenvalue weighted by Crippen LogP contribution is -3.00. The fourth-order valence-corrected chi connectivity index (χ4v) is 4.02. The predicted octanol–water partition coefficient (Wildman–Crippen LogP) is 0.828. The number of ether oxygens (including phenoxy) is 2. The van der Waals surface area contributed by atoms with E-state index in [1.54, 1.807) is 7.11 Å². The molecule has 0 bridgehead atoms. The molecule has 0 radical (unpaired) electrons. The van der Waals surface area contributed by atoms with Crippen molar-refractivity contribution >= 4 is 16.6 Å². The van der Waals surface area contributed by atoms with Gasteiger partial charge < -0.3 is 26.5 Å². The van der Waals surface area contributed by atoms with Crippen LogP contribution >= 0.6 is 0 Å². The van der Waals surface area contributed by atoms with Crippen LogP contribution in [0, 0.1) is 0 Å². The van der Waals surface area contributed by atoms with Crippen LogP contribution < -0.4 is 31.0 Å². The number of carbonyl (C=O) groups is 1. The van der Waals surface area contributed by atoms with Crippen molar-refractivity contribution in [3.05, 3.63) is 90.5 Å². The van der Waals surface area contributed by atoms with E-state index in [-0.39, 0.29) is 28.9 Å². The fraction of sp³-hybridized carbons (Fsp3) is 0.200. The summed E-state index contributed by atoms with van der Waals surface area (Å²) < 4.78 is 15.3. The molecule has 5 nitrogen and oxygen atoms in total. The largest absolute Gasteiger partial charge is 1.00 e. The van der Waals surface area contributed by atoms with Gasteiger partial charge in [0, 0.05) is 17.5 Å². The lowest BCUT2D eigenvalue weighted by molar-refractivity contribution is -0.682. The van der Waals surface area contributed by atoms with Crippen LogP contribution in [-0.2, 0) is 19.5 Å². The molecule has 31 heavy (non-hydrogen) atoms. The Morgan fingerprint density at radius 3 is 2.81 bits per heavy atom. The normalized spacial score (nSPS) is 14.5. The number of hydrogen-bond acceptors (Lipinski definition) is 3. The zero-order valence-electron chi connectivity index (χ0n) is 17.2. The highest BCUT2D eigenvalue weighted by Gasteiger charge is 2.25. The molecular formula is C25H23BrN2O3. The van der Waals surface area contributed by atoms with E-state index in [1.165, 1.54) is 5.56 Å². The monoisotopic (exact) mass is 478 g/mol. The van der Waals surface area contributed by atoms with Gasteiger partial charge in [-0.3, -0.25) is 4.79 Å². The van der Waals surface area contributed by atoms with Crippen LogP contribution in [0.1, 0.15) is 15.9 Å². The van der Waals surface area contributed by atoms with E-state index in [2.05, 4.69) is 10.6 Å². The van der Waals surface area contributed by atoms with E-state index in [4.69, 9.17) is 9.47 Å². The first-order valence-corrected chi connectivity index (χ1v) is 10.1. The van der Waals surface area contributed by atoms with Crippen LogP contribution in [0.4, 0.5) is 0 Å². The van der Waals surface area contributed by atoms with Crippen LogP contribution in [0.25, 0.3) is 10.8 Å². The molecule has 0 saturated carbocycles. The minimum absolute atomic E-state index is 0. The molecule has 0 aliphatic carbocycles. The Morgan fingerprint density at radius 2 is 1.97 bits per heavy atom. The molecule has 4 aromatic rings. The predicted molar refractivity (Wildman–Crippen MR) is 114 cm³/mol. The van der Waals surface area contributed by atoms with Crippen molar-refractivity contribution in [1.82, 2.24) is 4.57 Å². The average Bonchev–Trinajstić information content (AvgIpc) is 3.38. The van der Waals surface area contributed by atoms with Crippen molar-refractivity contribution < 1.29 is 35.8 Å². The molecule has 0 saturated heterocycles. The van der Waals surface area contributed by atoms with E-state index >= 15 is 0 Å². The Hall–Kier alpha value is -3.12. The number of aromatic nitrogens is 2. The number of rotatable bonds is 6. The molecule has 1 unspecified atom stereocenters. The van der Waals surface area contributed by atoms with Crippen molar-refractivity contribution in [3.8, 4) is 11.5 Å². The highest BCUT2D eigenvalue weighted by molar-refractivity contribution is 5.99. The Balaban J connectivity index is 0.00000231. The molecule has 1 atom stereocenters. The number of carbonyl (C=O) groups excluding carboxylic acids is 1. The molecule has 0 N–H and O–H groups in total. The van der Waals surface area contributed by atoms with Crippen molar-refractivity contribution in [2.75, 3.05) is 7.11 Å². The summed E-state index contributed by atoms with van der Waals surface area (Å²) >= 11 is 0. The van der Waals surface area contributed by atoms with Gasteiger partial charge in [-0.1, -0.05) is 36.4 Å². The first-order valence-electron chi connectivity index (χ1n) is 10.1. The fourth-order valence-electron chi connectivity index (χ4n) is 4.02. The molecule has 158 valence electrons. The second-order valence-corrected chi connectivity index (χ2v) is 7.69. The first-order chi connectivity index (χ1) is 14.7. The number of hydrogen-bond donors (Lipinski definition) is 0. The van der Waals surface area contributed by atoms with Crippen LogP contribution in [0.3, 0.4) is 0 Å². The summed E-state index contributed by atoms with van der Waals surface area (Å²) in [6.45, 7) is 1.04. The smallest absolute Gasteiger partial charge is 0.244 e. The van der Waals surface area contributed by atoms with E-state index in [9.17, 15) is 4.79 Å². The summed E-state index contributed by atoms with van der Waals surface area (Å²) in [6, 6.07) is 19.9. The molecule has 1 aromatic heterocycles. The first kappa shape index (κ1) is 21.1. The highest BCUT2D eigenvalue weighted by atomic mass is 79.9. The molecule has 5 rings (SSSR count). The third kappa shape index (κ3) is 4.49. The Labute approximate surface area is 191 Å². The highest BCUT2D eigenvalue weighted by Crippen LogP contribution is 2.32. The molecule has 6 heteroatoms. The van der Waals surface area contributed by atoms with Gasteiger partial charge in [0.25, 0.3) is 0 Å². The van der Waals surface area contributed by atoms with Gasteiger partial charge in [0.05, 0.1) is 7.11 Å². The lowest BCUT2D eigenvalue weighted by atomic mass is 10.0. The lowest BCUT2D eigenvalue weighted by Gasteiger charge is -2.07. The van der Waals surface area contributed by atoms with Crippen molar-refractivity contribution in [2.24, 2.45) is 0 Å². The topological polar surface area (TPSA) is 44.3 Å². The standard InChI is InChI=1S/C25H23N2O3.BrH/c1-29-22-8-9-25-21(13-22)14-23(30-25)15-26-10-11-27(17-26)16-24(28)20-7-6-18-4-2-3-5-19(18)12-20;/h2-13,17,23H,14-16H2,1H3;1H/q+1;/p-1. The number of Topliss-reactive ketones (excluding diaryl/α,β-unsaturated/α-hetero) is 1. The van der Waals surface area contributed by atoms with Crippen LogP contribution in [-0.4, -0.2) is 23.6 Å². The third-order valence-corrected chi connectivity index (χ3v) is 5.57. The van der Waals surface area contributed by atoms with Gasteiger partial charge in [-0.2, -0.15) is 0 Å². The number of ketones is 1. The van der Waals surface area contributed by atoms with Gasteiger partial charge in [0.2, 0.25) is 12.1 Å². The van der Waals surface area contributed by atoms with Gasteiger partial charge in [-0.05, 0) is 35.0 Å². The number of imidazole rings is 1. The average molecular weight is 479 g/mol. The number of benzene rings is 3. The van der Waals surface area contributed by atoms with Crippen molar-refractivity contribution in [3.63, 3.8) is 0 Å². The van der Waals surface area contributed by atoms with Crippen LogP contribution in [0.5, 0.6) is 11.5 Å². The molecule has 1 aliphatic heterocycles. The van der Waals surface area contributed by atoms with E-state index < -0.39 is 0 Å². The van der Waals surface area contributed by atoms with Crippen molar-refractivity contribution in [1.29, 1.82) is 0 Å². The molecule has 3 aromatic carbocycles. The Kier molecular flexibility index (Phi) is 6.09. The second kappa shape index (κ2) is 8.94. The molecule has 0 spiro atoms. The SMILES string of the molecule is COc1ccc2c(c1)CC(Cn1cc[n+](CC(=O)c3ccc4ccccc4c3)c1)O2.[Br-]. The number of fused-ring (bicyclic) bond motifs is 2. The summed E-state index contributed by atoms with van der Waals surface area (Å²) in [6.07, 6.45) is 6.81. The molecule has 2 heterocycles. The Morgan fingerprint density at radius 1 is 1.13 bits per heavy atom. The molecule has 0 fully saturated rings. The number of halogens is 1. The quantitative estimate of drug-likeness (QED) is 0.304. The summed E-state index contributed by atoms with van der Waals surface area (Å²) in [7, 11) is 1.67. The van der Waals surface area contributed by atoms with Crippen LogP contribution in [0.15, 0.2) is 79.4 Å².